The molecule has 21 heavy (non-hydrogen) atoms. The van der Waals surface area contributed by atoms with Gasteiger partial charge in [0.25, 0.3) is 5.91 Å². The summed E-state index contributed by atoms with van der Waals surface area (Å²) in [5.74, 6) is -1.30. The lowest BCUT2D eigenvalue weighted by Crippen LogP contribution is -2.42. The van der Waals surface area contributed by atoms with Gasteiger partial charge >= 0.3 is 12.0 Å². The van der Waals surface area contributed by atoms with Gasteiger partial charge in [0.05, 0.1) is 3.79 Å². The third-order valence-electron chi connectivity index (χ3n) is 2.49. The first kappa shape index (κ1) is 15.7. The zero-order valence-electron chi connectivity index (χ0n) is 10.9. The number of thiophene rings is 1. The highest BCUT2D eigenvalue weighted by atomic mass is 79.9. The van der Waals surface area contributed by atoms with E-state index in [1.165, 1.54) is 17.4 Å². The second kappa shape index (κ2) is 7.37. The smallest absolute Gasteiger partial charge is 0.331 e. The molecule has 0 unspecified atom stereocenters. The highest BCUT2D eigenvalue weighted by molar-refractivity contribution is 9.11. The monoisotopic (exact) mass is 372 g/mol. The van der Waals surface area contributed by atoms with Crippen molar-refractivity contribution in [2.45, 2.75) is 18.9 Å². The quantitative estimate of drug-likeness (QED) is 0.611. The molecule has 1 aliphatic rings. The molecule has 6 nitrogen and oxygen atoms in total. The molecule has 1 saturated carbocycles. The van der Waals surface area contributed by atoms with Gasteiger partial charge in [-0.3, -0.25) is 10.1 Å². The number of imide groups is 1. The number of urea groups is 1. The predicted octanol–water partition coefficient (Wildman–Crippen LogP) is 2.06. The minimum absolute atomic E-state index is 0.161. The number of hydrogen-bond acceptors (Lipinski definition) is 5. The van der Waals surface area contributed by atoms with E-state index < -0.39 is 24.5 Å². The first-order chi connectivity index (χ1) is 10.0. The van der Waals surface area contributed by atoms with Crippen molar-refractivity contribution in [2.24, 2.45) is 0 Å². The number of hydrogen-bond donors (Lipinski definition) is 2. The maximum Gasteiger partial charge on any atom is 0.331 e. The topological polar surface area (TPSA) is 84.5 Å². The van der Waals surface area contributed by atoms with Gasteiger partial charge in [0.1, 0.15) is 0 Å². The van der Waals surface area contributed by atoms with E-state index in [1.54, 1.807) is 6.08 Å². The van der Waals surface area contributed by atoms with Crippen LogP contribution < -0.4 is 10.6 Å². The summed E-state index contributed by atoms with van der Waals surface area (Å²) in [5.41, 5.74) is 0. The zero-order valence-corrected chi connectivity index (χ0v) is 13.3. The Balaban J connectivity index is 1.66. The molecule has 2 rings (SSSR count). The molecule has 0 aromatic carbocycles. The van der Waals surface area contributed by atoms with Crippen LogP contribution in [0.25, 0.3) is 6.08 Å². The normalized spacial score (nSPS) is 14.0. The highest BCUT2D eigenvalue weighted by Crippen LogP contribution is 2.22. The molecule has 1 heterocycles. The molecular formula is C13H13BrN2O4S. The number of carbonyl (C=O) groups is 3. The average molecular weight is 373 g/mol. The summed E-state index contributed by atoms with van der Waals surface area (Å²) < 4.78 is 5.68. The van der Waals surface area contributed by atoms with Gasteiger partial charge in [-0.15, -0.1) is 11.3 Å². The number of esters is 1. The molecule has 0 aliphatic heterocycles. The molecule has 112 valence electrons. The van der Waals surface area contributed by atoms with Gasteiger partial charge in [-0.05, 0) is 47.0 Å². The second-order valence-electron chi connectivity index (χ2n) is 4.38. The molecule has 0 spiro atoms. The third-order valence-corrected chi connectivity index (χ3v) is 4.08. The van der Waals surface area contributed by atoms with Gasteiger partial charge in [0.2, 0.25) is 0 Å². The summed E-state index contributed by atoms with van der Waals surface area (Å²) >= 11 is 4.77. The Labute approximate surface area is 133 Å². The predicted molar refractivity (Wildman–Crippen MR) is 81.7 cm³/mol. The number of rotatable bonds is 5. The van der Waals surface area contributed by atoms with Crippen LogP contribution in [-0.2, 0) is 14.3 Å². The SMILES string of the molecule is O=C(COC(=O)/C=C/c1ccc(Br)s1)NC(=O)NC1CC1. The maximum atomic E-state index is 11.4. The van der Waals surface area contributed by atoms with Crippen molar-refractivity contribution >= 4 is 51.3 Å². The molecule has 2 N–H and O–H groups in total. The van der Waals surface area contributed by atoms with Crippen molar-refractivity contribution in [1.29, 1.82) is 0 Å². The van der Waals surface area contributed by atoms with Crippen molar-refractivity contribution < 1.29 is 19.1 Å². The van der Waals surface area contributed by atoms with E-state index >= 15 is 0 Å². The number of carbonyl (C=O) groups excluding carboxylic acids is 3. The van der Waals surface area contributed by atoms with E-state index in [4.69, 9.17) is 4.74 Å². The van der Waals surface area contributed by atoms with Gasteiger partial charge in [-0.2, -0.15) is 0 Å². The third kappa shape index (κ3) is 6.09. The fourth-order valence-electron chi connectivity index (χ4n) is 1.36. The highest BCUT2D eigenvalue weighted by Gasteiger charge is 2.23. The van der Waals surface area contributed by atoms with E-state index in [2.05, 4.69) is 26.6 Å². The number of amides is 3. The van der Waals surface area contributed by atoms with E-state index in [9.17, 15) is 14.4 Å². The number of ether oxygens (including phenoxy) is 1. The molecule has 8 heteroatoms. The minimum atomic E-state index is -0.659. The van der Waals surface area contributed by atoms with Gasteiger partial charge in [-0.1, -0.05) is 0 Å². The molecule has 0 saturated heterocycles. The Hall–Kier alpha value is -1.67. The molecule has 1 aromatic heterocycles. The molecular weight excluding hydrogens is 360 g/mol. The van der Waals surface area contributed by atoms with Crippen LogP contribution in [0.15, 0.2) is 22.0 Å². The lowest BCUT2D eigenvalue weighted by Gasteiger charge is -2.05. The molecule has 0 bridgehead atoms. The van der Waals surface area contributed by atoms with Gasteiger partial charge in [-0.25, -0.2) is 9.59 Å². The first-order valence-electron chi connectivity index (χ1n) is 6.23. The Kier molecular flexibility index (Phi) is 5.51. The van der Waals surface area contributed by atoms with E-state index in [0.29, 0.717) is 0 Å². The van der Waals surface area contributed by atoms with Crippen molar-refractivity contribution in [3.8, 4) is 0 Å². The lowest BCUT2D eigenvalue weighted by molar-refractivity contribution is -0.143. The van der Waals surface area contributed by atoms with Crippen LogP contribution in [0, 0.1) is 0 Å². The summed E-state index contributed by atoms with van der Waals surface area (Å²) in [6.07, 6.45) is 4.69. The standard InChI is InChI=1S/C13H13BrN2O4S/c14-10-5-3-9(21-10)4-6-12(18)20-7-11(17)16-13(19)15-8-1-2-8/h3-6,8H,1-2,7H2,(H2,15,16,17,19)/b6-4+. The fraction of sp³-hybridized carbons (Fsp3) is 0.308. The number of halogens is 1. The van der Waals surface area contributed by atoms with Crippen LogP contribution in [0.4, 0.5) is 4.79 Å². The summed E-state index contributed by atoms with van der Waals surface area (Å²) in [4.78, 5) is 34.9. The largest absolute Gasteiger partial charge is 0.452 e. The summed E-state index contributed by atoms with van der Waals surface area (Å²) in [6.45, 7) is -0.491. The Morgan fingerprint density at radius 3 is 2.76 bits per heavy atom. The molecule has 1 fully saturated rings. The van der Waals surface area contributed by atoms with Crippen molar-refractivity contribution in [1.82, 2.24) is 10.6 Å². The van der Waals surface area contributed by atoms with Gasteiger partial charge in [0, 0.05) is 17.0 Å². The lowest BCUT2D eigenvalue weighted by atomic mass is 10.4. The van der Waals surface area contributed by atoms with E-state index in [1.807, 2.05) is 12.1 Å². The fourth-order valence-corrected chi connectivity index (χ4v) is 2.69. The van der Waals surface area contributed by atoms with E-state index in [0.717, 1.165) is 21.5 Å². The van der Waals surface area contributed by atoms with Crippen LogP contribution in [0.5, 0.6) is 0 Å². The van der Waals surface area contributed by atoms with Crippen LogP contribution >= 0.6 is 27.3 Å². The van der Waals surface area contributed by atoms with Crippen molar-refractivity contribution in [3.05, 3.63) is 26.9 Å². The van der Waals surface area contributed by atoms with Gasteiger partial charge in [0.15, 0.2) is 6.61 Å². The molecule has 0 atom stereocenters. The Morgan fingerprint density at radius 2 is 2.14 bits per heavy atom. The Morgan fingerprint density at radius 1 is 1.38 bits per heavy atom. The van der Waals surface area contributed by atoms with Crippen molar-refractivity contribution in [3.63, 3.8) is 0 Å². The molecule has 3 amide bonds. The average Bonchev–Trinajstić information content (AvgIpc) is 3.13. The molecule has 1 aromatic rings. The maximum absolute atomic E-state index is 11.4. The van der Waals surface area contributed by atoms with Crippen LogP contribution in [0.3, 0.4) is 0 Å². The number of nitrogens with one attached hydrogen (secondary N) is 2. The van der Waals surface area contributed by atoms with Crippen molar-refractivity contribution in [2.75, 3.05) is 6.61 Å². The van der Waals surface area contributed by atoms with Crippen LogP contribution in [-0.4, -0.2) is 30.6 Å². The van der Waals surface area contributed by atoms with E-state index in [-0.39, 0.29) is 6.04 Å². The zero-order chi connectivity index (χ0) is 15.2. The van der Waals surface area contributed by atoms with Crippen LogP contribution in [0.1, 0.15) is 17.7 Å². The second-order valence-corrected chi connectivity index (χ2v) is 6.87. The van der Waals surface area contributed by atoms with Crippen LogP contribution in [0.2, 0.25) is 0 Å². The summed E-state index contributed by atoms with van der Waals surface area (Å²) in [7, 11) is 0. The summed E-state index contributed by atoms with van der Waals surface area (Å²) in [5, 5.41) is 4.68. The molecule has 0 radical (unpaired) electrons. The summed E-state index contributed by atoms with van der Waals surface area (Å²) in [6, 6.07) is 3.31. The first-order valence-corrected chi connectivity index (χ1v) is 7.84. The minimum Gasteiger partial charge on any atom is -0.452 e. The Bertz CT molecular complexity index is 580. The molecule has 1 aliphatic carbocycles. The van der Waals surface area contributed by atoms with Gasteiger partial charge < -0.3 is 10.1 Å².